The van der Waals surface area contributed by atoms with Crippen LogP contribution in [0.15, 0.2) is 0 Å². The summed E-state index contributed by atoms with van der Waals surface area (Å²) in [5, 5.41) is 11.3. The van der Waals surface area contributed by atoms with Gasteiger partial charge in [-0.15, -0.1) is 0 Å². The van der Waals surface area contributed by atoms with Crippen molar-refractivity contribution in [1.29, 1.82) is 0 Å². The highest BCUT2D eigenvalue weighted by Gasteiger charge is 2.15. The van der Waals surface area contributed by atoms with Crippen molar-refractivity contribution in [2.24, 2.45) is 0 Å². The Morgan fingerprint density at radius 1 is 1.20 bits per heavy atom. The van der Waals surface area contributed by atoms with E-state index in [1.807, 2.05) is 6.92 Å². The van der Waals surface area contributed by atoms with Gasteiger partial charge in [-0.3, -0.25) is 4.79 Å². The molecule has 0 aliphatic heterocycles. The molecule has 90 valence electrons. The molecular weight excluding hydrogens is 196 g/mol. The number of carboxylic acids is 1. The summed E-state index contributed by atoms with van der Waals surface area (Å²) >= 11 is 0. The van der Waals surface area contributed by atoms with Crippen molar-refractivity contribution in [3.8, 4) is 0 Å². The molecule has 0 aliphatic carbocycles. The molecule has 0 atom stereocenters. The lowest BCUT2D eigenvalue weighted by Gasteiger charge is -2.11. The summed E-state index contributed by atoms with van der Waals surface area (Å²) in [4.78, 5) is 21.8. The summed E-state index contributed by atoms with van der Waals surface area (Å²) < 4.78 is 0. The summed E-state index contributed by atoms with van der Waals surface area (Å²) in [6.07, 6.45) is 0.773. The van der Waals surface area contributed by atoms with Crippen molar-refractivity contribution in [3.63, 3.8) is 0 Å². The first kappa shape index (κ1) is 16.3. The Hall–Kier alpha value is -1.10. The predicted molar refractivity (Wildman–Crippen MR) is 59.8 cm³/mol. The van der Waals surface area contributed by atoms with Gasteiger partial charge < -0.3 is 15.3 Å². The number of likely N-dealkylation sites (N-methyl/N-ethyl adjacent to an activating group) is 1. The Balaban J connectivity index is 0. The Labute approximate surface area is 91.5 Å². The molecule has 0 heterocycles. The lowest BCUT2D eigenvalue weighted by molar-refractivity contribution is -0.155. The number of aliphatic carboxylic acids is 1. The van der Waals surface area contributed by atoms with E-state index in [4.69, 9.17) is 5.11 Å². The van der Waals surface area contributed by atoms with E-state index in [1.54, 1.807) is 0 Å². The number of hydrogen-bond acceptors (Lipinski definition) is 3. The molecular formula is C10H22N2O3. The van der Waals surface area contributed by atoms with Gasteiger partial charge in [0.05, 0.1) is 0 Å². The zero-order valence-corrected chi connectivity index (χ0v) is 10.0. The second-order valence-corrected chi connectivity index (χ2v) is 2.99. The number of carboxylic acid groups (broad SMARTS) is 1. The van der Waals surface area contributed by atoms with Crippen LogP contribution in [0.4, 0.5) is 0 Å². The van der Waals surface area contributed by atoms with Crippen LogP contribution < -0.4 is 5.32 Å². The molecule has 1 amide bonds. The quantitative estimate of drug-likeness (QED) is 0.676. The van der Waals surface area contributed by atoms with E-state index in [0.717, 1.165) is 19.5 Å². The number of carbonyl (C=O) groups is 2. The number of hydrogen-bond donors (Lipinski definition) is 2. The Bertz CT molecular complexity index is 182. The van der Waals surface area contributed by atoms with E-state index < -0.39 is 11.9 Å². The Morgan fingerprint density at radius 3 is 1.87 bits per heavy atom. The summed E-state index contributed by atoms with van der Waals surface area (Å²) in [6, 6.07) is 0. The maximum Gasteiger partial charge on any atom is 0.394 e. The van der Waals surface area contributed by atoms with Gasteiger partial charge in [0.2, 0.25) is 0 Å². The molecule has 0 aromatic carbocycles. The fourth-order valence-corrected chi connectivity index (χ4v) is 0.850. The van der Waals surface area contributed by atoms with Crippen LogP contribution in [0.3, 0.4) is 0 Å². The van der Waals surface area contributed by atoms with E-state index in [-0.39, 0.29) is 0 Å². The van der Waals surface area contributed by atoms with Gasteiger partial charge in [0.25, 0.3) is 0 Å². The standard InChI is InChI=1S/C6H11NO3.C4H11N/c1-3-4-7(2)5(8)6(9)10;1-3-5-4-2/h3-4H2,1-2H3,(H,9,10);5H,3-4H2,1-2H3. The molecule has 0 bridgehead atoms. The third-order valence-corrected chi connectivity index (χ3v) is 1.59. The minimum atomic E-state index is -1.39. The number of rotatable bonds is 4. The van der Waals surface area contributed by atoms with Crippen LogP contribution in [-0.2, 0) is 9.59 Å². The molecule has 0 saturated carbocycles. The van der Waals surface area contributed by atoms with Crippen molar-refractivity contribution in [3.05, 3.63) is 0 Å². The molecule has 5 heteroatoms. The molecule has 0 unspecified atom stereocenters. The summed E-state index contributed by atoms with van der Waals surface area (Å²) in [5.41, 5.74) is 0. The van der Waals surface area contributed by atoms with E-state index in [2.05, 4.69) is 19.2 Å². The summed E-state index contributed by atoms with van der Waals surface area (Å²) in [6.45, 7) is 8.76. The molecule has 5 nitrogen and oxygen atoms in total. The van der Waals surface area contributed by atoms with Gasteiger partial charge in [-0.05, 0) is 19.5 Å². The lowest BCUT2D eigenvalue weighted by Crippen LogP contribution is -2.33. The van der Waals surface area contributed by atoms with Crippen LogP contribution in [0.2, 0.25) is 0 Å². The Kier molecular flexibility index (Phi) is 12.0. The van der Waals surface area contributed by atoms with Gasteiger partial charge in [0.15, 0.2) is 0 Å². The van der Waals surface area contributed by atoms with Crippen molar-refractivity contribution in [1.82, 2.24) is 10.2 Å². The molecule has 0 radical (unpaired) electrons. The first-order valence-corrected chi connectivity index (χ1v) is 5.20. The lowest BCUT2D eigenvalue weighted by atomic mass is 10.4. The van der Waals surface area contributed by atoms with Gasteiger partial charge in [0.1, 0.15) is 0 Å². The fraction of sp³-hybridized carbons (Fsp3) is 0.800. The van der Waals surface area contributed by atoms with Crippen LogP contribution in [-0.4, -0.2) is 48.6 Å². The first-order chi connectivity index (χ1) is 7.01. The normalized spacial score (nSPS) is 8.80. The van der Waals surface area contributed by atoms with Gasteiger partial charge in [0, 0.05) is 13.6 Å². The highest BCUT2D eigenvalue weighted by atomic mass is 16.4. The molecule has 0 rings (SSSR count). The summed E-state index contributed by atoms with van der Waals surface area (Å²) in [5.74, 6) is -2.24. The van der Waals surface area contributed by atoms with Crippen molar-refractivity contribution >= 4 is 11.9 Å². The van der Waals surface area contributed by atoms with Crippen LogP contribution in [0.25, 0.3) is 0 Å². The van der Waals surface area contributed by atoms with Crippen LogP contribution in [0.5, 0.6) is 0 Å². The average Bonchev–Trinajstić information content (AvgIpc) is 2.19. The zero-order chi connectivity index (χ0) is 12.3. The van der Waals surface area contributed by atoms with Gasteiger partial charge in [-0.1, -0.05) is 20.8 Å². The number of amides is 1. The van der Waals surface area contributed by atoms with Crippen LogP contribution >= 0.6 is 0 Å². The third-order valence-electron chi connectivity index (χ3n) is 1.59. The largest absolute Gasteiger partial charge is 0.474 e. The Morgan fingerprint density at radius 2 is 1.67 bits per heavy atom. The van der Waals surface area contributed by atoms with Crippen molar-refractivity contribution < 1.29 is 14.7 Å². The van der Waals surface area contributed by atoms with E-state index in [0.29, 0.717) is 6.54 Å². The SMILES string of the molecule is CCCN(C)C(=O)C(=O)O.CCNCC. The van der Waals surface area contributed by atoms with E-state index >= 15 is 0 Å². The van der Waals surface area contributed by atoms with Crippen molar-refractivity contribution in [2.75, 3.05) is 26.7 Å². The maximum absolute atomic E-state index is 10.6. The van der Waals surface area contributed by atoms with Gasteiger partial charge >= 0.3 is 11.9 Å². The molecule has 0 saturated heterocycles. The van der Waals surface area contributed by atoms with E-state index in [1.165, 1.54) is 11.9 Å². The molecule has 0 aromatic heterocycles. The molecule has 2 N–H and O–H groups in total. The smallest absolute Gasteiger partial charge is 0.394 e. The second kappa shape index (κ2) is 11.0. The second-order valence-electron chi connectivity index (χ2n) is 2.99. The predicted octanol–water partition coefficient (Wildman–Crippen LogP) is 0.555. The maximum atomic E-state index is 10.6. The number of nitrogens with one attached hydrogen (secondary N) is 1. The zero-order valence-electron chi connectivity index (χ0n) is 10.0. The van der Waals surface area contributed by atoms with Crippen LogP contribution in [0.1, 0.15) is 27.2 Å². The molecule has 0 aromatic rings. The summed E-state index contributed by atoms with van der Waals surface area (Å²) in [7, 11) is 1.47. The molecule has 15 heavy (non-hydrogen) atoms. The highest BCUT2D eigenvalue weighted by molar-refractivity contribution is 6.31. The van der Waals surface area contributed by atoms with E-state index in [9.17, 15) is 9.59 Å². The van der Waals surface area contributed by atoms with Crippen molar-refractivity contribution in [2.45, 2.75) is 27.2 Å². The minimum Gasteiger partial charge on any atom is -0.474 e. The van der Waals surface area contributed by atoms with Crippen LogP contribution in [0, 0.1) is 0 Å². The molecule has 0 aliphatic rings. The first-order valence-electron chi connectivity index (χ1n) is 5.20. The topological polar surface area (TPSA) is 69.6 Å². The highest BCUT2D eigenvalue weighted by Crippen LogP contribution is 1.86. The van der Waals surface area contributed by atoms with Gasteiger partial charge in [-0.2, -0.15) is 0 Å². The number of carbonyl (C=O) groups excluding carboxylic acids is 1. The fourth-order valence-electron chi connectivity index (χ4n) is 0.850. The molecule has 0 spiro atoms. The van der Waals surface area contributed by atoms with Gasteiger partial charge in [-0.25, -0.2) is 4.79 Å². The number of nitrogens with zero attached hydrogens (tertiary/aromatic N) is 1. The monoisotopic (exact) mass is 218 g/mol. The molecule has 0 fully saturated rings. The average molecular weight is 218 g/mol. The third kappa shape index (κ3) is 10.8. The minimum absolute atomic E-state index is 0.491.